The molecule has 0 amide bonds. The number of rotatable bonds is 2. The summed E-state index contributed by atoms with van der Waals surface area (Å²) in [5.41, 5.74) is 0.468. The fraction of sp³-hybridized carbons (Fsp3) is 1.00. The number of nitrogens with zero attached hydrogens (tertiary/aromatic N) is 2. The van der Waals surface area contributed by atoms with Gasteiger partial charge < -0.3 is 10.2 Å². The van der Waals surface area contributed by atoms with Crippen LogP contribution in [0.15, 0.2) is 0 Å². The molecule has 3 nitrogen and oxygen atoms in total. The lowest BCUT2D eigenvalue weighted by molar-refractivity contribution is 0.0422. The highest BCUT2D eigenvalue weighted by Crippen LogP contribution is 2.32. The van der Waals surface area contributed by atoms with Gasteiger partial charge in [-0.1, -0.05) is 19.3 Å². The molecular formula is C17H33N3. The number of hydrogen-bond donors (Lipinski definition) is 1. The van der Waals surface area contributed by atoms with Crippen LogP contribution >= 0.6 is 0 Å². The van der Waals surface area contributed by atoms with Crippen LogP contribution in [0.3, 0.4) is 0 Å². The Morgan fingerprint density at radius 2 is 1.80 bits per heavy atom. The van der Waals surface area contributed by atoms with Gasteiger partial charge in [-0.05, 0) is 58.7 Å². The first-order valence-corrected chi connectivity index (χ1v) is 8.84. The molecule has 3 heteroatoms. The van der Waals surface area contributed by atoms with Crippen molar-refractivity contribution >= 4 is 0 Å². The number of piperazine rings is 1. The molecule has 0 radical (unpaired) electrons. The summed E-state index contributed by atoms with van der Waals surface area (Å²) in [6.45, 7) is 8.87. The van der Waals surface area contributed by atoms with Gasteiger partial charge in [-0.3, -0.25) is 4.90 Å². The monoisotopic (exact) mass is 279 g/mol. The van der Waals surface area contributed by atoms with Gasteiger partial charge in [-0.15, -0.1) is 0 Å². The molecule has 0 aromatic rings. The molecule has 2 saturated heterocycles. The lowest BCUT2D eigenvalue weighted by Gasteiger charge is -2.50. The fourth-order valence-electron chi connectivity index (χ4n) is 4.48. The van der Waals surface area contributed by atoms with E-state index in [4.69, 9.17) is 0 Å². The highest BCUT2D eigenvalue weighted by molar-refractivity contribution is 4.99. The molecule has 116 valence electrons. The Labute approximate surface area is 125 Å². The van der Waals surface area contributed by atoms with Crippen molar-refractivity contribution in [1.82, 2.24) is 15.1 Å². The van der Waals surface area contributed by atoms with Gasteiger partial charge in [-0.2, -0.15) is 0 Å². The largest absolute Gasteiger partial charge is 0.308 e. The molecule has 3 aliphatic rings. The fourth-order valence-corrected chi connectivity index (χ4v) is 4.48. The van der Waals surface area contributed by atoms with Crippen LogP contribution in [-0.4, -0.2) is 61.2 Å². The average molecular weight is 279 g/mol. The summed E-state index contributed by atoms with van der Waals surface area (Å²) in [5, 5.41) is 3.91. The zero-order valence-corrected chi connectivity index (χ0v) is 13.5. The van der Waals surface area contributed by atoms with E-state index in [1.54, 1.807) is 0 Å². The number of piperidine rings is 1. The first kappa shape index (κ1) is 14.8. The molecule has 1 aliphatic carbocycles. The SMILES string of the molecule is CC1CNC2(CCCCC2)CN1CC1CCN(C)CC1. The summed E-state index contributed by atoms with van der Waals surface area (Å²) < 4.78 is 0. The topological polar surface area (TPSA) is 18.5 Å². The van der Waals surface area contributed by atoms with E-state index in [2.05, 4.69) is 29.1 Å². The second kappa shape index (κ2) is 6.33. The molecule has 1 N–H and O–H groups in total. The Hall–Kier alpha value is -0.120. The smallest absolute Gasteiger partial charge is 0.0309 e. The van der Waals surface area contributed by atoms with Gasteiger partial charge in [-0.25, -0.2) is 0 Å². The molecule has 1 spiro atoms. The van der Waals surface area contributed by atoms with Gasteiger partial charge in [0.1, 0.15) is 0 Å². The van der Waals surface area contributed by atoms with Gasteiger partial charge in [0.2, 0.25) is 0 Å². The summed E-state index contributed by atoms with van der Waals surface area (Å²) >= 11 is 0. The average Bonchev–Trinajstić information content (AvgIpc) is 2.47. The third-order valence-electron chi connectivity index (χ3n) is 6.04. The Morgan fingerprint density at radius 1 is 1.10 bits per heavy atom. The Bertz CT molecular complexity index is 303. The highest BCUT2D eigenvalue weighted by Gasteiger charge is 2.39. The Balaban J connectivity index is 1.56. The molecular weight excluding hydrogens is 246 g/mol. The Morgan fingerprint density at radius 3 is 2.50 bits per heavy atom. The summed E-state index contributed by atoms with van der Waals surface area (Å²) in [4.78, 5) is 5.30. The van der Waals surface area contributed by atoms with Crippen LogP contribution in [-0.2, 0) is 0 Å². The van der Waals surface area contributed by atoms with Crippen LogP contribution in [0.4, 0.5) is 0 Å². The quantitative estimate of drug-likeness (QED) is 0.837. The molecule has 1 saturated carbocycles. The lowest BCUT2D eigenvalue weighted by Crippen LogP contribution is -2.64. The van der Waals surface area contributed by atoms with Crippen molar-refractivity contribution in [1.29, 1.82) is 0 Å². The lowest BCUT2D eigenvalue weighted by atomic mass is 9.79. The molecule has 3 rings (SSSR count). The first-order chi connectivity index (χ1) is 9.67. The maximum Gasteiger partial charge on any atom is 0.0309 e. The molecule has 0 aromatic heterocycles. The zero-order valence-electron chi connectivity index (χ0n) is 13.5. The minimum absolute atomic E-state index is 0.468. The van der Waals surface area contributed by atoms with Crippen LogP contribution in [0.1, 0.15) is 51.9 Å². The number of hydrogen-bond acceptors (Lipinski definition) is 3. The predicted octanol–water partition coefficient (Wildman–Crippen LogP) is 2.32. The van der Waals surface area contributed by atoms with Gasteiger partial charge in [0.25, 0.3) is 0 Å². The molecule has 20 heavy (non-hydrogen) atoms. The maximum atomic E-state index is 3.91. The van der Waals surface area contributed by atoms with E-state index in [9.17, 15) is 0 Å². The molecule has 2 aliphatic heterocycles. The van der Waals surface area contributed by atoms with E-state index in [1.165, 1.54) is 77.7 Å². The van der Waals surface area contributed by atoms with E-state index < -0.39 is 0 Å². The van der Waals surface area contributed by atoms with Crippen LogP contribution in [0, 0.1) is 5.92 Å². The van der Waals surface area contributed by atoms with Crippen molar-refractivity contribution in [3.8, 4) is 0 Å². The molecule has 2 heterocycles. The summed E-state index contributed by atoms with van der Waals surface area (Å²) in [5.74, 6) is 0.937. The number of nitrogens with one attached hydrogen (secondary N) is 1. The maximum absolute atomic E-state index is 3.91. The minimum Gasteiger partial charge on any atom is -0.308 e. The van der Waals surface area contributed by atoms with E-state index in [0.717, 1.165) is 12.0 Å². The first-order valence-electron chi connectivity index (χ1n) is 8.84. The summed E-state index contributed by atoms with van der Waals surface area (Å²) in [7, 11) is 2.26. The van der Waals surface area contributed by atoms with Crippen LogP contribution < -0.4 is 5.32 Å². The normalized spacial score (nSPS) is 33.6. The van der Waals surface area contributed by atoms with Crippen LogP contribution in [0.5, 0.6) is 0 Å². The second-order valence-corrected chi connectivity index (χ2v) is 7.75. The van der Waals surface area contributed by atoms with Gasteiger partial charge in [0, 0.05) is 31.2 Å². The third kappa shape index (κ3) is 3.37. The van der Waals surface area contributed by atoms with Crippen molar-refractivity contribution in [2.24, 2.45) is 5.92 Å². The Kier molecular flexibility index (Phi) is 4.68. The van der Waals surface area contributed by atoms with Crippen molar-refractivity contribution in [2.45, 2.75) is 63.5 Å². The van der Waals surface area contributed by atoms with Gasteiger partial charge >= 0.3 is 0 Å². The molecule has 0 aromatic carbocycles. The van der Waals surface area contributed by atoms with Crippen molar-refractivity contribution < 1.29 is 0 Å². The highest BCUT2D eigenvalue weighted by atomic mass is 15.3. The van der Waals surface area contributed by atoms with Crippen molar-refractivity contribution in [2.75, 3.05) is 39.8 Å². The standard InChI is InChI=1S/C17H33N3/c1-15-12-18-17(8-4-3-5-9-17)14-20(15)13-16-6-10-19(2)11-7-16/h15-16,18H,3-14H2,1-2H3. The van der Waals surface area contributed by atoms with Crippen LogP contribution in [0.25, 0.3) is 0 Å². The zero-order chi connectivity index (χ0) is 14.0. The third-order valence-corrected chi connectivity index (χ3v) is 6.04. The second-order valence-electron chi connectivity index (χ2n) is 7.75. The molecule has 0 bridgehead atoms. The number of likely N-dealkylation sites (tertiary alicyclic amines) is 1. The minimum atomic E-state index is 0.468. The molecule has 3 fully saturated rings. The van der Waals surface area contributed by atoms with E-state index in [-0.39, 0.29) is 0 Å². The van der Waals surface area contributed by atoms with Crippen molar-refractivity contribution in [3.63, 3.8) is 0 Å². The molecule has 1 atom stereocenters. The van der Waals surface area contributed by atoms with Crippen molar-refractivity contribution in [3.05, 3.63) is 0 Å². The summed E-state index contributed by atoms with van der Waals surface area (Å²) in [6.07, 6.45) is 9.94. The van der Waals surface area contributed by atoms with Gasteiger partial charge in [0.05, 0.1) is 0 Å². The summed E-state index contributed by atoms with van der Waals surface area (Å²) in [6, 6.07) is 0.724. The van der Waals surface area contributed by atoms with E-state index in [0.29, 0.717) is 5.54 Å². The van der Waals surface area contributed by atoms with Crippen LogP contribution in [0.2, 0.25) is 0 Å². The van der Waals surface area contributed by atoms with Gasteiger partial charge in [0.15, 0.2) is 0 Å². The van der Waals surface area contributed by atoms with E-state index >= 15 is 0 Å². The van der Waals surface area contributed by atoms with E-state index in [1.807, 2.05) is 0 Å². The molecule has 1 unspecified atom stereocenters. The predicted molar refractivity (Wildman–Crippen MR) is 85.1 cm³/mol.